The molecule has 0 spiro atoms. The molecule has 1 heterocycles. The minimum absolute atomic E-state index is 0.0454. The Labute approximate surface area is 124 Å². The van der Waals surface area contributed by atoms with Gasteiger partial charge in [-0.2, -0.15) is 0 Å². The summed E-state index contributed by atoms with van der Waals surface area (Å²) in [5, 5.41) is 7.66. The number of aryl methyl sites for hydroxylation is 1. The smallest absolute Gasteiger partial charge is 0.407 e. The fraction of sp³-hybridized carbons (Fsp3) is 0.364. The maximum absolute atomic E-state index is 11.6. The summed E-state index contributed by atoms with van der Waals surface area (Å²) in [6, 6.07) is 3.08. The number of hydrogen-bond donors (Lipinski definition) is 2. The van der Waals surface area contributed by atoms with Gasteiger partial charge in [-0.15, -0.1) is 0 Å². The van der Waals surface area contributed by atoms with Crippen LogP contribution in [0, 0.1) is 6.92 Å². The van der Waals surface area contributed by atoms with Crippen LogP contribution in [0.3, 0.4) is 0 Å². The summed E-state index contributed by atoms with van der Waals surface area (Å²) in [6.45, 7) is 2.07. The Bertz CT molecular complexity index is 646. The second kappa shape index (κ2) is 5.58. The SMILES string of the molecule is Cc1cc(Br)cc(S(N)(=O)=O)c1OCC1CNC(=O)O1. The van der Waals surface area contributed by atoms with Crippen molar-refractivity contribution in [2.45, 2.75) is 17.9 Å². The monoisotopic (exact) mass is 364 g/mol. The van der Waals surface area contributed by atoms with Crippen LogP contribution in [0.15, 0.2) is 21.5 Å². The Morgan fingerprint density at radius 1 is 1.55 bits per heavy atom. The average molecular weight is 365 g/mol. The van der Waals surface area contributed by atoms with E-state index >= 15 is 0 Å². The number of carbonyl (C=O) groups excluding carboxylic acids is 1. The topological polar surface area (TPSA) is 108 Å². The molecule has 0 aromatic heterocycles. The van der Waals surface area contributed by atoms with Crippen molar-refractivity contribution in [3.8, 4) is 5.75 Å². The number of amides is 1. The highest BCUT2D eigenvalue weighted by Crippen LogP contribution is 2.31. The van der Waals surface area contributed by atoms with Gasteiger partial charge in [-0.1, -0.05) is 15.9 Å². The highest BCUT2D eigenvalue weighted by Gasteiger charge is 2.25. The first-order valence-electron chi connectivity index (χ1n) is 5.67. The summed E-state index contributed by atoms with van der Waals surface area (Å²) < 4.78 is 34.1. The van der Waals surface area contributed by atoms with Crippen LogP contribution in [0.25, 0.3) is 0 Å². The fourth-order valence-corrected chi connectivity index (χ4v) is 3.29. The van der Waals surface area contributed by atoms with Crippen LogP contribution >= 0.6 is 15.9 Å². The molecule has 1 atom stereocenters. The van der Waals surface area contributed by atoms with Gasteiger partial charge in [0, 0.05) is 4.47 Å². The standard InChI is InChI=1S/C11H13BrN2O5S/c1-6-2-7(12)3-9(20(13,16)17)10(6)18-5-8-4-14-11(15)19-8/h2-3,8H,4-5H2,1H3,(H,14,15)(H2,13,16,17). The molecule has 7 nitrogen and oxygen atoms in total. The van der Waals surface area contributed by atoms with E-state index in [1.807, 2.05) is 0 Å². The highest BCUT2D eigenvalue weighted by atomic mass is 79.9. The minimum Gasteiger partial charge on any atom is -0.488 e. The van der Waals surface area contributed by atoms with Crippen molar-refractivity contribution in [1.82, 2.24) is 5.32 Å². The molecule has 0 radical (unpaired) electrons. The molecule has 9 heteroatoms. The predicted molar refractivity (Wildman–Crippen MR) is 74.0 cm³/mol. The molecule has 20 heavy (non-hydrogen) atoms. The lowest BCUT2D eigenvalue weighted by Gasteiger charge is -2.15. The molecule has 1 aromatic carbocycles. The van der Waals surface area contributed by atoms with E-state index in [4.69, 9.17) is 14.6 Å². The largest absolute Gasteiger partial charge is 0.488 e. The van der Waals surface area contributed by atoms with Gasteiger partial charge in [-0.3, -0.25) is 0 Å². The summed E-state index contributed by atoms with van der Waals surface area (Å²) in [6.07, 6.45) is -0.975. The second-order valence-electron chi connectivity index (χ2n) is 4.31. The molecule has 1 fully saturated rings. The summed E-state index contributed by atoms with van der Waals surface area (Å²) >= 11 is 3.21. The molecule has 1 saturated heterocycles. The molecular formula is C11H13BrN2O5S. The van der Waals surface area contributed by atoms with Crippen molar-refractivity contribution in [3.63, 3.8) is 0 Å². The van der Waals surface area contributed by atoms with Crippen molar-refractivity contribution in [2.75, 3.05) is 13.2 Å². The van der Waals surface area contributed by atoms with E-state index in [1.165, 1.54) is 6.07 Å². The number of nitrogens with two attached hydrogens (primary N) is 1. The quantitative estimate of drug-likeness (QED) is 0.824. The van der Waals surface area contributed by atoms with E-state index in [-0.39, 0.29) is 17.3 Å². The number of cyclic esters (lactones) is 1. The first kappa shape index (κ1) is 15.1. The van der Waals surface area contributed by atoms with Crippen molar-refractivity contribution >= 4 is 32.0 Å². The Balaban J connectivity index is 2.24. The number of hydrogen-bond acceptors (Lipinski definition) is 5. The number of halogens is 1. The number of sulfonamides is 1. The van der Waals surface area contributed by atoms with Gasteiger partial charge in [0.15, 0.2) is 6.10 Å². The maximum atomic E-state index is 11.6. The van der Waals surface area contributed by atoms with Crippen LogP contribution in [0.1, 0.15) is 5.56 Å². The molecule has 1 aromatic rings. The second-order valence-corrected chi connectivity index (χ2v) is 6.76. The molecule has 0 saturated carbocycles. The lowest BCUT2D eigenvalue weighted by atomic mass is 10.2. The Morgan fingerprint density at radius 3 is 2.80 bits per heavy atom. The molecule has 2 rings (SSSR count). The van der Waals surface area contributed by atoms with Crippen LogP contribution in [0.5, 0.6) is 5.75 Å². The number of alkyl carbamates (subject to hydrolysis) is 1. The summed E-state index contributed by atoms with van der Waals surface area (Å²) in [5.74, 6) is 0.165. The first-order valence-corrected chi connectivity index (χ1v) is 8.01. The van der Waals surface area contributed by atoms with Gasteiger partial charge in [-0.05, 0) is 24.6 Å². The summed E-state index contributed by atoms with van der Waals surface area (Å²) in [4.78, 5) is 10.8. The van der Waals surface area contributed by atoms with Gasteiger partial charge in [0.2, 0.25) is 10.0 Å². The van der Waals surface area contributed by atoms with Crippen molar-refractivity contribution in [2.24, 2.45) is 5.14 Å². The Hall–Kier alpha value is -1.32. The molecule has 1 aliphatic heterocycles. The van der Waals surface area contributed by atoms with Crippen LogP contribution in [-0.4, -0.2) is 33.8 Å². The third kappa shape index (κ3) is 3.41. The van der Waals surface area contributed by atoms with Crippen molar-refractivity contribution < 1.29 is 22.7 Å². The minimum atomic E-state index is -3.91. The van der Waals surface area contributed by atoms with E-state index in [0.29, 0.717) is 16.6 Å². The van der Waals surface area contributed by atoms with Crippen LogP contribution < -0.4 is 15.2 Å². The summed E-state index contributed by atoms with van der Waals surface area (Å²) in [7, 11) is -3.91. The molecule has 1 aliphatic rings. The number of nitrogens with one attached hydrogen (secondary N) is 1. The number of ether oxygens (including phenoxy) is 2. The number of benzene rings is 1. The van der Waals surface area contributed by atoms with E-state index in [2.05, 4.69) is 21.2 Å². The van der Waals surface area contributed by atoms with E-state index < -0.39 is 22.2 Å². The molecule has 0 aliphatic carbocycles. The third-order valence-corrected chi connectivity index (χ3v) is 4.05. The third-order valence-electron chi connectivity index (χ3n) is 2.67. The molecule has 110 valence electrons. The highest BCUT2D eigenvalue weighted by molar-refractivity contribution is 9.10. The lowest BCUT2D eigenvalue weighted by molar-refractivity contribution is 0.103. The van der Waals surface area contributed by atoms with Crippen molar-refractivity contribution in [3.05, 3.63) is 22.2 Å². The van der Waals surface area contributed by atoms with Gasteiger partial charge in [0.25, 0.3) is 0 Å². The summed E-state index contributed by atoms with van der Waals surface area (Å²) in [5.41, 5.74) is 0.612. The van der Waals surface area contributed by atoms with Gasteiger partial charge >= 0.3 is 6.09 Å². The van der Waals surface area contributed by atoms with Crippen LogP contribution in [0.4, 0.5) is 4.79 Å². The van der Waals surface area contributed by atoms with Gasteiger partial charge < -0.3 is 14.8 Å². The Kier molecular flexibility index (Phi) is 4.21. The molecular weight excluding hydrogens is 352 g/mol. The van der Waals surface area contributed by atoms with E-state index in [1.54, 1.807) is 13.0 Å². The number of carbonyl (C=O) groups is 1. The fourth-order valence-electron chi connectivity index (χ4n) is 1.80. The van der Waals surface area contributed by atoms with Crippen molar-refractivity contribution in [1.29, 1.82) is 0 Å². The van der Waals surface area contributed by atoms with E-state index in [9.17, 15) is 13.2 Å². The molecule has 1 amide bonds. The maximum Gasteiger partial charge on any atom is 0.407 e. The zero-order valence-corrected chi connectivity index (χ0v) is 13.0. The molecule has 0 bridgehead atoms. The zero-order chi connectivity index (χ0) is 14.9. The van der Waals surface area contributed by atoms with Gasteiger partial charge in [0.05, 0.1) is 6.54 Å². The number of rotatable bonds is 4. The average Bonchev–Trinajstić information content (AvgIpc) is 2.72. The predicted octanol–water partition coefficient (Wildman–Crippen LogP) is 0.892. The van der Waals surface area contributed by atoms with Crippen LogP contribution in [-0.2, 0) is 14.8 Å². The first-order chi connectivity index (χ1) is 9.27. The number of primary sulfonamides is 1. The van der Waals surface area contributed by atoms with E-state index in [0.717, 1.165) is 0 Å². The van der Waals surface area contributed by atoms with Gasteiger partial charge in [0.1, 0.15) is 17.3 Å². The zero-order valence-electron chi connectivity index (χ0n) is 10.6. The Morgan fingerprint density at radius 2 is 2.25 bits per heavy atom. The lowest BCUT2D eigenvalue weighted by Crippen LogP contribution is -2.23. The van der Waals surface area contributed by atoms with Crippen LogP contribution in [0.2, 0.25) is 0 Å². The molecule has 3 N–H and O–H groups in total. The normalized spacial score (nSPS) is 18.6. The molecule has 1 unspecified atom stereocenters. The van der Waals surface area contributed by atoms with Gasteiger partial charge in [-0.25, -0.2) is 18.4 Å².